The lowest BCUT2D eigenvalue weighted by Crippen LogP contribution is -2.47. The Bertz CT molecular complexity index is 595. The highest BCUT2D eigenvalue weighted by Gasteiger charge is 2.45. The van der Waals surface area contributed by atoms with Crippen molar-refractivity contribution in [3.05, 3.63) is 22.4 Å². The third kappa shape index (κ3) is 2.68. The van der Waals surface area contributed by atoms with E-state index in [1.165, 1.54) is 11.3 Å². The van der Waals surface area contributed by atoms with Crippen molar-refractivity contribution < 1.29 is 14.3 Å². The first-order chi connectivity index (χ1) is 11.2. The molecule has 23 heavy (non-hydrogen) atoms. The quantitative estimate of drug-likeness (QED) is 0.831. The maximum absolute atomic E-state index is 13.0. The van der Waals surface area contributed by atoms with Crippen LogP contribution < -0.4 is 0 Å². The van der Waals surface area contributed by atoms with E-state index in [2.05, 4.69) is 0 Å². The van der Waals surface area contributed by atoms with Gasteiger partial charge in [-0.25, -0.2) is 0 Å². The highest BCUT2D eigenvalue weighted by Crippen LogP contribution is 2.39. The lowest BCUT2D eigenvalue weighted by molar-refractivity contribution is -0.134. The Balaban J connectivity index is 1.46. The monoisotopic (exact) mass is 334 g/mol. The summed E-state index contributed by atoms with van der Waals surface area (Å²) in [7, 11) is 0. The summed E-state index contributed by atoms with van der Waals surface area (Å²) in [6.07, 6.45) is 3.79. The first-order valence-corrected chi connectivity index (χ1v) is 9.28. The minimum atomic E-state index is -0.276. The normalized spacial score (nSPS) is 30.5. The van der Waals surface area contributed by atoms with Crippen molar-refractivity contribution in [2.45, 2.75) is 31.7 Å². The van der Waals surface area contributed by atoms with E-state index in [9.17, 15) is 9.59 Å². The number of hydrogen-bond donors (Lipinski definition) is 0. The number of ether oxygens (including phenoxy) is 1. The van der Waals surface area contributed by atoms with E-state index in [-0.39, 0.29) is 23.3 Å². The van der Waals surface area contributed by atoms with Crippen LogP contribution in [0.3, 0.4) is 0 Å². The zero-order valence-corrected chi connectivity index (χ0v) is 14.0. The Labute approximate surface area is 140 Å². The standard InChI is InChI=1S/C17H22N2O3S/c20-15(18-8-5-17(11-18)6-9-22-12-17)13-3-1-7-19(13)16(21)14-4-2-10-23-14/h2,4,10,13H,1,3,5-9,11-12H2/t13-,17-/m0/s1. The SMILES string of the molecule is O=C([C@@H]1CCCN1C(=O)c1cccs1)N1CC[C@]2(CCOC2)C1. The molecule has 0 aromatic carbocycles. The second-order valence-electron chi connectivity index (χ2n) is 6.95. The van der Waals surface area contributed by atoms with Gasteiger partial charge < -0.3 is 14.5 Å². The summed E-state index contributed by atoms with van der Waals surface area (Å²) in [5, 5.41) is 1.91. The second-order valence-corrected chi connectivity index (χ2v) is 7.89. The first kappa shape index (κ1) is 15.1. The van der Waals surface area contributed by atoms with Gasteiger partial charge in [-0.15, -0.1) is 11.3 Å². The Kier molecular flexibility index (Phi) is 3.89. The predicted octanol–water partition coefficient (Wildman–Crippen LogP) is 1.99. The lowest BCUT2D eigenvalue weighted by Gasteiger charge is -2.29. The van der Waals surface area contributed by atoms with Crippen molar-refractivity contribution in [2.24, 2.45) is 5.41 Å². The number of amides is 2. The van der Waals surface area contributed by atoms with E-state index in [1.54, 1.807) is 4.90 Å². The third-order valence-corrected chi connectivity index (χ3v) is 6.32. The fourth-order valence-electron chi connectivity index (χ4n) is 4.11. The lowest BCUT2D eigenvalue weighted by atomic mass is 9.87. The fourth-order valence-corrected chi connectivity index (χ4v) is 4.79. The molecule has 0 bridgehead atoms. The number of carbonyl (C=O) groups is 2. The van der Waals surface area contributed by atoms with Crippen LogP contribution in [0.1, 0.15) is 35.4 Å². The highest BCUT2D eigenvalue weighted by atomic mass is 32.1. The fraction of sp³-hybridized carbons (Fsp3) is 0.647. The van der Waals surface area contributed by atoms with Crippen molar-refractivity contribution in [3.63, 3.8) is 0 Å². The second kappa shape index (κ2) is 5.91. The van der Waals surface area contributed by atoms with Gasteiger partial charge in [0, 0.05) is 31.7 Å². The molecule has 1 aromatic heterocycles. The van der Waals surface area contributed by atoms with E-state index in [0.717, 1.165) is 56.9 Å². The molecule has 2 atom stereocenters. The van der Waals surface area contributed by atoms with Crippen molar-refractivity contribution >= 4 is 23.2 Å². The summed E-state index contributed by atoms with van der Waals surface area (Å²) in [6.45, 7) is 3.88. The summed E-state index contributed by atoms with van der Waals surface area (Å²) in [5.41, 5.74) is 0.177. The Morgan fingerprint density at radius 3 is 2.96 bits per heavy atom. The van der Waals surface area contributed by atoms with Gasteiger partial charge in [-0.1, -0.05) is 6.07 Å². The summed E-state index contributed by atoms with van der Waals surface area (Å²) in [4.78, 5) is 30.1. The molecule has 3 aliphatic heterocycles. The topological polar surface area (TPSA) is 49.9 Å². The number of rotatable bonds is 2. The van der Waals surface area contributed by atoms with Crippen LogP contribution in [-0.4, -0.2) is 60.5 Å². The molecule has 2 amide bonds. The molecule has 0 unspecified atom stereocenters. The predicted molar refractivity (Wildman–Crippen MR) is 87.4 cm³/mol. The zero-order valence-electron chi connectivity index (χ0n) is 13.2. The molecule has 0 aliphatic carbocycles. The Morgan fingerprint density at radius 2 is 2.22 bits per heavy atom. The average Bonchev–Trinajstić information content (AvgIpc) is 3.36. The molecule has 3 aliphatic rings. The molecule has 4 heterocycles. The number of nitrogens with zero attached hydrogens (tertiary/aromatic N) is 2. The smallest absolute Gasteiger partial charge is 0.264 e. The minimum Gasteiger partial charge on any atom is -0.381 e. The maximum atomic E-state index is 13.0. The summed E-state index contributed by atoms with van der Waals surface area (Å²) in [6, 6.07) is 3.45. The molecule has 124 valence electrons. The van der Waals surface area contributed by atoms with Crippen molar-refractivity contribution in [3.8, 4) is 0 Å². The maximum Gasteiger partial charge on any atom is 0.264 e. The van der Waals surface area contributed by atoms with Crippen LogP contribution in [0.4, 0.5) is 0 Å². The molecule has 5 nitrogen and oxygen atoms in total. The molecule has 1 aromatic rings. The summed E-state index contributed by atoms with van der Waals surface area (Å²) < 4.78 is 5.54. The van der Waals surface area contributed by atoms with Gasteiger partial charge in [0.1, 0.15) is 6.04 Å². The van der Waals surface area contributed by atoms with Crippen LogP contribution in [0.5, 0.6) is 0 Å². The first-order valence-electron chi connectivity index (χ1n) is 8.40. The van der Waals surface area contributed by atoms with Gasteiger partial charge in [-0.05, 0) is 37.1 Å². The van der Waals surface area contributed by atoms with Gasteiger partial charge in [0.2, 0.25) is 5.91 Å². The van der Waals surface area contributed by atoms with Gasteiger partial charge in [-0.3, -0.25) is 9.59 Å². The van der Waals surface area contributed by atoms with Gasteiger partial charge in [0.15, 0.2) is 0 Å². The van der Waals surface area contributed by atoms with E-state index in [4.69, 9.17) is 4.74 Å². The Morgan fingerprint density at radius 1 is 1.30 bits per heavy atom. The van der Waals surface area contributed by atoms with Crippen LogP contribution >= 0.6 is 11.3 Å². The van der Waals surface area contributed by atoms with Gasteiger partial charge in [0.05, 0.1) is 11.5 Å². The van der Waals surface area contributed by atoms with Crippen LogP contribution in [0, 0.1) is 5.41 Å². The number of thiophene rings is 1. The van der Waals surface area contributed by atoms with Crippen molar-refractivity contribution in [1.29, 1.82) is 0 Å². The Hall–Kier alpha value is -1.40. The van der Waals surface area contributed by atoms with Crippen LogP contribution in [-0.2, 0) is 9.53 Å². The molecule has 3 fully saturated rings. The zero-order chi connectivity index (χ0) is 15.9. The number of likely N-dealkylation sites (tertiary alicyclic amines) is 2. The van der Waals surface area contributed by atoms with Crippen LogP contribution in [0.15, 0.2) is 17.5 Å². The minimum absolute atomic E-state index is 0.00830. The van der Waals surface area contributed by atoms with E-state index < -0.39 is 0 Å². The van der Waals surface area contributed by atoms with E-state index in [1.807, 2.05) is 22.4 Å². The van der Waals surface area contributed by atoms with Gasteiger partial charge >= 0.3 is 0 Å². The van der Waals surface area contributed by atoms with E-state index in [0.29, 0.717) is 6.54 Å². The molecule has 1 spiro atoms. The van der Waals surface area contributed by atoms with Crippen LogP contribution in [0.2, 0.25) is 0 Å². The molecule has 0 radical (unpaired) electrons. The highest BCUT2D eigenvalue weighted by molar-refractivity contribution is 7.12. The number of hydrogen-bond acceptors (Lipinski definition) is 4. The molecular formula is C17H22N2O3S. The van der Waals surface area contributed by atoms with E-state index >= 15 is 0 Å². The van der Waals surface area contributed by atoms with Gasteiger partial charge in [-0.2, -0.15) is 0 Å². The average molecular weight is 334 g/mol. The van der Waals surface area contributed by atoms with Crippen molar-refractivity contribution in [1.82, 2.24) is 9.80 Å². The van der Waals surface area contributed by atoms with Crippen molar-refractivity contribution in [2.75, 3.05) is 32.8 Å². The number of carbonyl (C=O) groups excluding carboxylic acids is 2. The molecular weight excluding hydrogens is 312 g/mol. The summed E-state index contributed by atoms with van der Waals surface area (Å²) in [5.74, 6) is 0.144. The molecule has 4 rings (SSSR count). The molecule has 0 N–H and O–H groups in total. The van der Waals surface area contributed by atoms with Gasteiger partial charge in [0.25, 0.3) is 5.91 Å². The molecule has 0 saturated carbocycles. The molecule has 6 heteroatoms. The van der Waals surface area contributed by atoms with Crippen LogP contribution in [0.25, 0.3) is 0 Å². The summed E-state index contributed by atoms with van der Waals surface area (Å²) >= 11 is 1.45. The molecule has 3 saturated heterocycles. The third-order valence-electron chi connectivity index (χ3n) is 5.47. The largest absolute Gasteiger partial charge is 0.381 e.